The van der Waals surface area contributed by atoms with Crippen LogP contribution in [-0.2, 0) is 11.3 Å². The number of carbonyl (C=O) groups excluding carboxylic acids is 2. The summed E-state index contributed by atoms with van der Waals surface area (Å²) in [5.74, 6) is -0.0164. The predicted octanol–water partition coefficient (Wildman–Crippen LogP) is 3.69. The molecule has 8 heteroatoms. The second-order valence-corrected chi connectivity index (χ2v) is 6.99. The maximum absolute atomic E-state index is 12.9. The summed E-state index contributed by atoms with van der Waals surface area (Å²) in [5, 5.41) is 7.68. The monoisotopic (exact) mass is 426 g/mol. The van der Waals surface area contributed by atoms with Gasteiger partial charge in [0.05, 0.1) is 31.1 Å². The fourth-order valence-electron chi connectivity index (χ4n) is 2.98. The maximum Gasteiger partial charge on any atom is 0.257 e. The van der Waals surface area contributed by atoms with E-state index in [2.05, 4.69) is 10.4 Å². The Morgan fingerprint density at radius 3 is 2.63 bits per heavy atom. The molecule has 2 aromatic carbocycles. The highest BCUT2D eigenvalue weighted by Gasteiger charge is 2.19. The molecular weight excluding hydrogens is 404 g/mol. The van der Waals surface area contributed by atoms with Crippen LogP contribution in [0.2, 0.25) is 5.02 Å². The lowest BCUT2D eigenvalue weighted by molar-refractivity contribution is -0.116. The van der Waals surface area contributed by atoms with Gasteiger partial charge in [0.25, 0.3) is 5.91 Å². The van der Waals surface area contributed by atoms with E-state index in [1.54, 1.807) is 29.1 Å². The van der Waals surface area contributed by atoms with Crippen molar-refractivity contribution in [1.29, 1.82) is 0 Å². The van der Waals surface area contributed by atoms with Gasteiger partial charge in [-0.1, -0.05) is 41.9 Å². The second-order valence-electron chi connectivity index (χ2n) is 6.59. The molecule has 1 aromatic heterocycles. The highest BCUT2D eigenvalue weighted by atomic mass is 35.5. The maximum atomic E-state index is 12.9. The minimum Gasteiger partial charge on any atom is -0.495 e. The number of anilines is 1. The summed E-state index contributed by atoms with van der Waals surface area (Å²) in [6.45, 7) is 2.58. The number of methoxy groups -OCH3 is 1. The number of para-hydroxylation sites is 2. The zero-order chi connectivity index (χ0) is 21.5. The third-order valence-corrected chi connectivity index (χ3v) is 4.92. The van der Waals surface area contributed by atoms with Gasteiger partial charge in [0, 0.05) is 17.8 Å². The first-order chi connectivity index (χ1) is 14.5. The predicted molar refractivity (Wildman–Crippen MR) is 116 cm³/mol. The molecule has 0 aliphatic rings. The number of benzene rings is 2. The second kappa shape index (κ2) is 9.93. The first-order valence-corrected chi connectivity index (χ1v) is 9.87. The molecule has 0 bridgehead atoms. The lowest BCUT2D eigenvalue weighted by atomic mass is 10.2. The van der Waals surface area contributed by atoms with Gasteiger partial charge in [0.15, 0.2) is 0 Å². The summed E-state index contributed by atoms with van der Waals surface area (Å²) in [6, 6.07) is 14.6. The molecule has 3 rings (SSSR count). The molecule has 3 aromatic rings. The molecule has 0 saturated heterocycles. The smallest absolute Gasteiger partial charge is 0.257 e. The zero-order valence-corrected chi connectivity index (χ0v) is 17.6. The summed E-state index contributed by atoms with van der Waals surface area (Å²) in [5.41, 5.74) is 1.87. The van der Waals surface area contributed by atoms with E-state index in [1.807, 2.05) is 37.3 Å². The van der Waals surface area contributed by atoms with Crippen LogP contribution in [0.1, 0.15) is 22.8 Å². The first-order valence-electron chi connectivity index (χ1n) is 9.49. The molecule has 0 aliphatic heterocycles. The van der Waals surface area contributed by atoms with Gasteiger partial charge in [-0.25, -0.2) is 0 Å². The molecule has 1 heterocycles. The number of rotatable bonds is 8. The van der Waals surface area contributed by atoms with Crippen molar-refractivity contribution >= 4 is 29.1 Å². The number of hydrogen-bond donors (Lipinski definition) is 1. The van der Waals surface area contributed by atoms with Crippen LogP contribution < -0.4 is 10.1 Å². The van der Waals surface area contributed by atoms with Crippen molar-refractivity contribution < 1.29 is 14.3 Å². The number of ether oxygens (including phenoxy) is 1. The Hall–Kier alpha value is -3.32. The normalized spacial score (nSPS) is 10.5. The van der Waals surface area contributed by atoms with Gasteiger partial charge < -0.3 is 15.0 Å². The Labute approximate surface area is 180 Å². The van der Waals surface area contributed by atoms with E-state index in [0.717, 1.165) is 5.56 Å². The van der Waals surface area contributed by atoms with Crippen LogP contribution in [0.15, 0.2) is 60.9 Å². The van der Waals surface area contributed by atoms with Crippen LogP contribution in [0.3, 0.4) is 0 Å². The number of nitrogens with one attached hydrogen (secondary N) is 1. The number of hydrogen-bond acceptors (Lipinski definition) is 4. The van der Waals surface area contributed by atoms with Crippen LogP contribution in [-0.4, -0.2) is 46.7 Å². The average Bonchev–Trinajstić information content (AvgIpc) is 3.22. The molecule has 7 nitrogen and oxygen atoms in total. The molecule has 0 radical (unpaired) electrons. The van der Waals surface area contributed by atoms with E-state index in [-0.39, 0.29) is 18.4 Å². The number of nitrogens with zero attached hydrogens (tertiary/aromatic N) is 3. The Balaban J connectivity index is 1.65. The Bertz CT molecular complexity index is 1030. The average molecular weight is 427 g/mol. The van der Waals surface area contributed by atoms with Crippen molar-refractivity contribution in [3.63, 3.8) is 0 Å². The van der Waals surface area contributed by atoms with Gasteiger partial charge in [-0.3, -0.25) is 14.3 Å². The Morgan fingerprint density at radius 1 is 1.17 bits per heavy atom. The quantitative estimate of drug-likeness (QED) is 0.596. The van der Waals surface area contributed by atoms with E-state index in [4.69, 9.17) is 16.3 Å². The van der Waals surface area contributed by atoms with Gasteiger partial charge in [0.2, 0.25) is 5.91 Å². The largest absolute Gasteiger partial charge is 0.495 e. The van der Waals surface area contributed by atoms with Gasteiger partial charge in [0.1, 0.15) is 12.3 Å². The van der Waals surface area contributed by atoms with Crippen molar-refractivity contribution in [3.8, 4) is 5.75 Å². The Morgan fingerprint density at radius 2 is 1.90 bits per heavy atom. The standard InChI is InChI=1S/C22H23ClN4O3/c1-3-26(15-21(28)25-19-10-6-7-11-20(19)30-2)22(29)17-12-24-27(14-17)13-16-8-4-5-9-18(16)23/h4-12,14H,3,13,15H2,1-2H3,(H,25,28). The molecular formula is C22H23ClN4O3. The van der Waals surface area contributed by atoms with E-state index < -0.39 is 0 Å². The van der Waals surface area contributed by atoms with Crippen LogP contribution in [0.4, 0.5) is 5.69 Å². The molecule has 0 atom stereocenters. The summed E-state index contributed by atoms with van der Waals surface area (Å²) in [7, 11) is 1.53. The number of amides is 2. The highest BCUT2D eigenvalue weighted by molar-refractivity contribution is 6.31. The summed E-state index contributed by atoms with van der Waals surface area (Å²) < 4.78 is 6.89. The van der Waals surface area contributed by atoms with Crippen molar-refractivity contribution in [2.75, 3.05) is 25.5 Å². The zero-order valence-electron chi connectivity index (χ0n) is 16.8. The highest BCUT2D eigenvalue weighted by Crippen LogP contribution is 2.23. The minimum absolute atomic E-state index is 0.0803. The summed E-state index contributed by atoms with van der Waals surface area (Å²) >= 11 is 6.19. The van der Waals surface area contributed by atoms with Gasteiger partial charge in [-0.05, 0) is 30.7 Å². The number of aromatic nitrogens is 2. The fourth-order valence-corrected chi connectivity index (χ4v) is 3.18. The van der Waals surface area contributed by atoms with Gasteiger partial charge in [-0.15, -0.1) is 0 Å². The van der Waals surface area contributed by atoms with E-state index in [1.165, 1.54) is 18.2 Å². The molecule has 156 valence electrons. The number of likely N-dealkylation sites (N-methyl/N-ethyl adjacent to an activating group) is 1. The summed E-state index contributed by atoms with van der Waals surface area (Å²) in [6.07, 6.45) is 3.16. The van der Waals surface area contributed by atoms with Crippen LogP contribution >= 0.6 is 11.6 Å². The molecule has 0 fully saturated rings. The van der Waals surface area contributed by atoms with Crippen LogP contribution in [0.5, 0.6) is 5.75 Å². The Kier molecular flexibility index (Phi) is 7.08. The molecule has 2 amide bonds. The lowest BCUT2D eigenvalue weighted by Gasteiger charge is -2.20. The third kappa shape index (κ3) is 5.18. The van der Waals surface area contributed by atoms with Crippen molar-refractivity contribution in [2.45, 2.75) is 13.5 Å². The molecule has 0 saturated carbocycles. The van der Waals surface area contributed by atoms with Crippen LogP contribution in [0.25, 0.3) is 0 Å². The SMILES string of the molecule is CCN(CC(=O)Nc1ccccc1OC)C(=O)c1cnn(Cc2ccccc2Cl)c1. The van der Waals surface area contributed by atoms with Gasteiger partial charge in [-0.2, -0.15) is 5.10 Å². The topological polar surface area (TPSA) is 76.5 Å². The lowest BCUT2D eigenvalue weighted by Crippen LogP contribution is -2.37. The fraction of sp³-hybridized carbons (Fsp3) is 0.227. The van der Waals surface area contributed by atoms with E-state index in [0.29, 0.717) is 35.1 Å². The van der Waals surface area contributed by atoms with E-state index in [9.17, 15) is 9.59 Å². The third-order valence-electron chi connectivity index (χ3n) is 4.55. The van der Waals surface area contributed by atoms with E-state index >= 15 is 0 Å². The molecule has 30 heavy (non-hydrogen) atoms. The molecule has 0 unspecified atom stereocenters. The summed E-state index contributed by atoms with van der Waals surface area (Å²) in [4.78, 5) is 26.8. The van der Waals surface area contributed by atoms with Crippen molar-refractivity contribution in [3.05, 3.63) is 77.1 Å². The molecule has 0 spiro atoms. The first kappa shape index (κ1) is 21.4. The minimum atomic E-state index is -0.307. The van der Waals surface area contributed by atoms with Gasteiger partial charge >= 0.3 is 0 Å². The molecule has 1 N–H and O–H groups in total. The van der Waals surface area contributed by atoms with Crippen molar-refractivity contribution in [2.24, 2.45) is 0 Å². The molecule has 0 aliphatic carbocycles. The number of carbonyl (C=O) groups is 2. The number of halogens is 1. The van der Waals surface area contributed by atoms with Crippen molar-refractivity contribution in [1.82, 2.24) is 14.7 Å². The van der Waals surface area contributed by atoms with Crippen LogP contribution in [0, 0.1) is 0 Å².